The lowest BCUT2D eigenvalue weighted by molar-refractivity contribution is 1.15. The van der Waals surface area contributed by atoms with Crippen LogP contribution in [0.4, 0.5) is 0 Å². The Labute approximate surface area is 103 Å². The second-order valence-electron chi connectivity index (χ2n) is 4.55. The van der Waals surface area contributed by atoms with Crippen molar-refractivity contribution in [2.75, 3.05) is 0 Å². The van der Waals surface area contributed by atoms with Gasteiger partial charge in [-0.25, -0.2) is 0 Å². The maximum Gasteiger partial charge on any atom is -0.00106 e. The van der Waals surface area contributed by atoms with E-state index in [9.17, 15) is 0 Å². The van der Waals surface area contributed by atoms with E-state index in [0.29, 0.717) is 0 Å². The molecule has 0 aromatic heterocycles. The fourth-order valence-corrected chi connectivity index (χ4v) is 2.66. The zero-order chi connectivity index (χ0) is 11.7. The maximum absolute atomic E-state index is 2.25. The molecule has 0 saturated carbocycles. The van der Waals surface area contributed by atoms with Crippen molar-refractivity contribution in [2.45, 2.75) is 19.8 Å². The average molecular weight is 220 g/mol. The number of benzene rings is 2. The van der Waals surface area contributed by atoms with E-state index in [-0.39, 0.29) is 0 Å². The summed E-state index contributed by atoms with van der Waals surface area (Å²) in [6.07, 6.45) is 6.51. The molecule has 0 unspecified atom stereocenters. The molecule has 0 spiro atoms. The van der Waals surface area contributed by atoms with E-state index in [0.717, 1.165) is 12.8 Å². The largest absolute Gasteiger partial charge is 0.0913 e. The zero-order valence-corrected chi connectivity index (χ0v) is 10.1. The molecule has 1 aliphatic carbocycles. The van der Waals surface area contributed by atoms with Gasteiger partial charge in [-0.3, -0.25) is 0 Å². The lowest BCUT2D eigenvalue weighted by Gasteiger charge is -2.05. The summed E-state index contributed by atoms with van der Waals surface area (Å²) in [7, 11) is 0. The van der Waals surface area contributed by atoms with E-state index in [2.05, 4.69) is 61.5 Å². The highest BCUT2D eigenvalue weighted by Crippen LogP contribution is 2.38. The molecule has 0 fully saturated rings. The molecule has 2 aromatic rings. The summed E-state index contributed by atoms with van der Waals surface area (Å²) in [4.78, 5) is 0. The van der Waals surface area contributed by atoms with Gasteiger partial charge in [0.1, 0.15) is 0 Å². The summed E-state index contributed by atoms with van der Waals surface area (Å²) in [5.74, 6) is 0. The number of fused-ring (bicyclic) bond motifs is 3. The first kappa shape index (κ1) is 10.3. The van der Waals surface area contributed by atoms with Gasteiger partial charge in [-0.15, -0.1) is 0 Å². The SMILES string of the molecule is C/C=C\Cc1cccc2c1Cc1ccccc1-2. The van der Waals surface area contributed by atoms with Gasteiger partial charge in [0.25, 0.3) is 0 Å². The minimum absolute atomic E-state index is 1.05. The molecule has 0 heteroatoms. The van der Waals surface area contributed by atoms with Crippen molar-refractivity contribution >= 4 is 0 Å². The van der Waals surface area contributed by atoms with Crippen LogP contribution >= 0.6 is 0 Å². The number of allylic oxidation sites excluding steroid dienone is 2. The molecular formula is C17H16. The summed E-state index contributed by atoms with van der Waals surface area (Å²) in [6, 6.07) is 15.4. The van der Waals surface area contributed by atoms with Crippen LogP contribution in [0.2, 0.25) is 0 Å². The normalized spacial score (nSPS) is 12.8. The van der Waals surface area contributed by atoms with E-state index >= 15 is 0 Å². The summed E-state index contributed by atoms with van der Waals surface area (Å²) < 4.78 is 0. The van der Waals surface area contributed by atoms with Crippen LogP contribution in [-0.2, 0) is 12.8 Å². The van der Waals surface area contributed by atoms with Crippen LogP contribution in [0, 0.1) is 0 Å². The molecule has 0 amide bonds. The first-order valence-corrected chi connectivity index (χ1v) is 6.20. The van der Waals surface area contributed by atoms with Crippen molar-refractivity contribution in [3.05, 3.63) is 71.3 Å². The van der Waals surface area contributed by atoms with Crippen molar-refractivity contribution in [2.24, 2.45) is 0 Å². The van der Waals surface area contributed by atoms with Gasteiger partial charge in [0.2, 0.25) is 0 Å². The second-order valence-corrected chi connectivity index (χ2v) is 4.55. The van der Waals surface area contributed by atoms with Gasteiger partial charge in [-0.1, -0.05) is 54.6 Å². The smallest absolute Gasteiger partial charge is 0.00106 e. The second kappa shape index (κ2) is 4.21. The minimum Gasteiger partial charge on any atom is -0.0913 e. The number of hydrogen-bond donors (Lipinski definition) is 0. The van der Waals surface area contributed by atoms with Crippen LogP contribution < -0.4 is 0 Å². The predicted octanol–water partition coefficient (Wildman–Crippen LogP) is 4.38. The van der Waals surface area contributed by atoms with Gasteiger partial charge in [0, 0.05) is 0 Å². The molecule has 3 rings (SSSR count). The lowest BCUT2D eigenvalue weighted by Crippen LogP contribution is -1.90. The molecule has 0 aliphatic heterocycles. The third-order valence-corrected chi connectivity index (χ3v) is 3.52. The molecule has 0 radical (unpaired) electrons. The highest BCUT2D eigenvalue weighted by Gasteiger charge is 2.19. The Morgan fingerprint density at radius 1 is 1.00 bits per heavy atom. The van der Waals surface area contributed by atoms with Crippen LogP contribution in [0.25, 0.3) is 11.1 Å². The standard InChI is InChI=1S/C17H16/c1-2-3-7-13-9-6-11-16-15-10-5-4-8-14(15)12-17(13)16/h2-6,8-11H,7,12H2,1H3/b3-2-. The van der Waals surface area contributed by atoms with Crippen LogP contribution in [0.5, 0.6) is 0 Å². The fraction of sp³-hybridized carbons (Fsp3) is 0.176. The highest BCUT2D eigenvalue weighted by atomic mass is 14.2. The van der Waals surface area contributed by atoms with E-state index in [1.165, 1.54) is 27.8 Å². The fourth-order valence-electron chi connectivity index (χ4n) is 2.66. The molecule has 84 valence electrons. The summed E-state index contributed by atoms with van der Waals surface area (Å²) >= 11 is 0. The van der Waals surface area contributed by atoms with Gasteiger partial charge in [0.15, 0.2) is 0 Å². The molecular weight excluding hydrogens is 204 g/mol. The van der Waals surface area contributed by atoms with Gasteiger partial charge in [-0.05, 0) is 47.6 Å². The van der Waals surface area contributed by atoms with E-state index in [1.807, 2.05) is 0 Å². The Morgan fingerprint density at radius 2 is 1.82 bits per heavy atom. The minimum atomic E-state index is 1.05. The number of hydrogen-bond acceptors (Lipinski definition) is 0. The van der Waals surface area contributed by atoms with E-state index in [1.54, 1.807) is 0 Å². The van der Waals surface area contributed by atoms with Crippen LogP contribution in [0.3, 0.4) is 0 Å². The molecule has 0 bridgehead atoms. The Bertz CT molecular complexity index is 576. The monoisotopic (exact) mass is 220 g/mol. The van der Waals surface area contributed by atoms with Gasteiger partial charge >= 0.3 is 0 Å². The van der Waals surface area contributed by atoms with Crippen molar-refractivity contribution < 1.29 is 0 Å². The van der Waals surface area contributed by atoms with Crippen molar-refractivity contribution in [3.63, 3.8) is 0 Å². The molecule has 2 aromatic carbocycles. The molecule has 0 heterocycles. The zero-order valence-electron chi connectivity index (χ0n) is 10.1. The van der Waals surface area contributed by atoms with Crippen molar-refractivity contribution in [1.29, 1.82) is 0 Å². The molecule has 17 heavy (non-hydrogen) atoms. The summed E-state index contributed by atoms with van der Waals surface area (Å²) in [6.45, 7) is 2.08. The predicted molar refractivity (Wildman–Crippen MR) is 73.2 cm³/mol. The molecule has 1 aliphatic rings. The number of rotatable bonds is 2. The van der Waals surface area contributed by atoms with Crippen LogP contribution in [0.1, 0.15) is 23.6 Å². The first-order chi connectivity index (χ1) is 8.40. The first-order valence-electron chi connectivity index (χ1n) is 6.20. The van der Waals surface area contributed by atoms with Gasteiger partial charge < -0.3 is 0 Å². The van der Waals surface area contributed by atoms with E-state index < -0.39 is 0 Å². The Hall–Kier alpha value is -1.82. The Kier molecular flexibility index (Phi) is 2.56. The van der Waals surface area contributed by atoms with Crippen molar-refractivity contribution in [1.82, 2.24) is 0 Å². The third kappa shape index (κ3) is 1.70. The van der Waals surface area contributed by atoms with Crippen LogP contribution in [0.15, 0.2) is 54.6 Å². The molecule has 0 saturated heterocycles. The van der Waals surface area contributed by atoms with Crippen LogP contribution in [-0.4, -0.2) is 0 Å². The quantitative estimate of drug-likeness (QED) is 0.562. The molecule has 0 N–H and O–H groups in total. The summed E-state index contributed by atoms with van der Waals surface area (Å²) in [5.41, 5.74) is 7.31. The Balaban J connectivity index is 2.10. The summed E-state index contributed by atoms with van der Waals surface area (Å²) in [5, 5.41) is 0. The average Bonchev–Trinajstić information content (AvgIpc) is 2.75. The topological polar surface area (TPSA) is 0 Å². The molecule has 0 nitrogen and oxygen atoms in total. The van der Waals surface area contributed by atoms with Crippen molar-refractivity contribution in [3.8, 4) is 11.1 Å². The molecule has 0 atom stereocenters. The lowest BCUT2D eigenvalue weighted by atomic mass is 9.99. The van der Waals surface area contributed by atoms with Gasteiger partial charge in [-0.2, -0.15) is 0 Å². The maximum atomic E-state index is 2.25. The van der Waals surface area contributed by atoms with E-state index in [4.69, 9.17) is 0 Å². The third-order valence-electron chi connectivity index (χ3n) is 3.52. The van der Waals surface area contributed by atoms with Gasteiger partial charge in [0.05, 0.1) is 0 Å². The Morgan fingerprint density at radius 3 is 2.71 bits per heavy atom. The highest BCUT2D eigenvalue weighted by molar-refractivity contribution is 5.77.